The zero-order chi connectivity index (χ0) is 12.4. The highest BCUT2D eigenvalue weighted by molar-refractivity contribution is 14.1. The van der Waals surface area contributed by atoms with E-state index in [4.69, 9.17) is 11.6 Å². The first-order valence-corrected chi connectivity index (χ1v) is 7.33. The highest BCUT2D eigenvalue weighted by atomic mass is 127. The molecule has 2 atom stereocenters. The molecule has 1 amide bonds. The molecule has 1 aromatic rings. The Hall–Kier alpha value is -0.290. The molecule has 1 aromatic carbocycles. The van der Waals surface area contributed by atoms with Gasteiger partial charge in [0, 0.05) is 14.6 Å². The van der Waals surface area contributed by atoms with Crippen molar-refractivity contribution in [2.75, 3.05) is 0 Å². The molecule has 2 nitrogen and oxygen atoms in total. The number of amides is 1. The SMILES string of the molecule is CCCC1CC1NC(=O)c1cc(Cl)ccc1I. The highest BCUT2D eigenvalue weighted by Gasteiger charge is 2.37. The van der Waals surface area contributed by atoms with Crippen molar-refractivity contribution < 1.29 is 4.79 Å². The number of hydrogen-bond donors (Lipinski definition) is 1. The minimum atomic E-state index is 0.000466. The van der Waals surface area contributed by atoms with Crippen LogP contribution in [0.3, 0.4) is 0 Å². The van der Waals surface area contributed by atoms with E-state index in [0.717, 1.165) is 9.99 Å². The van der Waals surface area contributed by atoms with Crippen molar-refractivity contribution in [1.82, 2.24) is 5.32 Å². The van der Waals surface area contributed by atoms with E-state index in [2.05, 4.69) is 34.8 Å². The van der Waals surface area contributed by atoms with Gasteiger partial charge in [-0.2, -0.15) is 0 Å². The number of carbonyl (C=O) groups excluding carboxylic acids is 1. The van der Waals surface area contributed by atoms with E-state index in [1.165, 1.54) is 12.8 Å². The van der Waals surface area contributed by atoms with Gasteiger partial charge in [-0.3, -0.25) is 4.79 Å². The third-order valence-corrected chi connectivity index (χ3v) is 4.25. The molecule has 2 rings (SSSR count). The highest BCUT2D eigenvalue weighted by Crippen LogP contribution is 2.34. The summed E-state index contributed by atoms with van der Waals surface area (Å²) in [6, 6.07) is 5.78. The number of halogens is 2. The van der Waals surface area contributed by atoms with E-state index in [-0.39, 0.29) is 5.91 Å². The lowest BCUT2D eigenvalue weighted by Gasteiger charge is -2.07. The van der Waals surface area contributed by atoms with Crippen LogP contribution in [0.5, 0.6) is 0 Å². The Bertz CT molecular complexity index is 435. The minimum Gasteiger partial charge on any atom is -0.349 e. The van der Waals surface area contributed by atoms with Gasteiger partial charge in [0.05, 0.1) is 5.56 Å². The summed E-state index contributed by atoms with van der Waals surface area (Å²) in [6.45, 7) is 2.18. The van der Waals surface area contributed by atoms with E-state index in [1.54, 1.807) is 12.1 Å². The molecule has 0 aromatic heterocycles. The summed E-state index contributed by atoms with van der Waals surface area (Å²) >= 11 is 8.07. The van der Waals surface area contributed by atoms with Gasteiger partial charge in [-0.1, -0.05) is 24.9 Å². The molecule has 0 radical (unpaired) electrons. The van der Waals surface area contributed by atoms with Crippen molar-refractivity contribution in [3.63, 3.8) is 0 Å². The Morgan fingerprint density at radius 2 is 2.35 bits per heavy atom. The van der Waals surface area contributed by atoms with Gasteiger partial charge in [-0.05, 0) is 59.5 Å². The standard InChI is InChI=1S/C13H15ClINO/c1-2-3-8-6-12(8)16-13(17)10-7-9(14)4-5-11(10)15/h4-5,7-8,12H,2-3,6H2,1H3,(H,16,17). The molecule has 92 valence electrons. The van der Waals surface area contributed by atoms with Crippen LogP contribution in [0.15, 0.2) is 18.2 Å². The van der Waals surface area contributed by atoms with Gasteiger partial charge in [0.2, 0.25) is 0 Å². The third kappa shape index (κ3) is 3.35. The maximum Gasteiger partial charge on any atom is 0.252 e. The van der Waals surface area contributed by atoms with Crippen LogP contribution in [0.1, 0.15) is 36.5 Å². The van der Waals surface area contributed by atoms with Crippen LogP contribution in [-0.2, 0) is 0 Å². The van der Waals surface area contributed by atoms with E-state index < -0.39 is 0 Å². The molecule has 1 fully saturated rings. The van der Waals surface area contributed by atoms with Crippen LogP contribution in [0, 0.1) is 9.49 Å². The van der Waals surface area contributed by atoms with Crippen LogP contribution in [-0.4, -0.2) is 11.9 Å². The quantitative estimate of drug-likeness (QED) is 0.809. The fourth-order valence-corrected chi connectivity index (χ4v) is 2.78. The number of rotatable bonds is 4. The van der Waals surface area contributed by atoms with E-state index in [1.807, 2.05) is 6.07 Å². The van der Waals surface area contributed by atoms with Crippen LogP contribution >= 0.6 is 34.2 Å². The molecule has 1 aliphatic carbocycles. The molecular formula is C13H15ClINO. The first-order valence-electron chi connectivity index (χ1n) is 5.87. The Balaban J connectivity index is 1.98. The first-order chi connectivity index (χ1) is 8.11. The summed E-state index contributed by atoms with van der Waals surface area (Å²) < 4.78 is 0.942. The van der Waals surface area contributed by atoms with Crippen LogP contribution in [0.2, 0.25) is 5.02 Å². The number of carbonyl (C=O) groups is 1. The van der Waals surface area contributed by atoms with E-state index in [9.17, 15) is 4.79 Å². The zero-order valence-electron chi connectivity index (χ0n) is 9.67. The van der Waals surface area contributed by atoms with Gasteiger partial charge in [-0.25, -0.2) is 0 Å². The third-order valence-electron chi connectivity index (χ3n) is 3.07. The van der Waals surface area contributed by atoms with Crippen molar-refractivity contribution in [2.45, 2.75) is 32.2 Å². The van der Waals surface area contributed by atoms with Gasteiger partial charge in [0.15, 0.2) is 0 Å². The normalized spacial score (nSPS) is 22.3. The molecule has 0 spiro atoms. The molecule has 1 aliphatic rings. The molecule has 1 saturated carbocycles. The molecule has 0 aliphatic heterocycles. The van der Waals surface area contributed by atoms with Crippen molar-refractivity contribution in [3.8, 4) is 0 Å². The van der Waals surface area contributed by atoms with Gasteiger partial charge < -0.3 is 5.32 Å². The van der Waals surface area contributed by atoms with Gasteiger partial charge in [-0.15, -0.1) is 0 Å². The topological polar surface area (TPSA) is 29.1 Å². The molecule has 17 heavy (non-hydrogen) atoms. The first kappa shape index (κ1) is 13.1. The molecule has 4 heteroatoms. The van der Waals surface area contributed by atoms with Crippen molar-refractivity contribution in [2.24, 2.45) is 5.92 Å². The second-order valence-corrected chi connectivity index (χ2v) is 6.09. The predicted octanol–water partition coefficient (Wildman–Crippen LogP) is 3.86. The Morgan fingerprint density at radius 1 is 1.59 bits per heavy atom. The fraction of sp³-hybridized carbons (Fsp3) is 0.462. The molecule has 0 saturated heterocycles. The summed E-state index contributed by atoms with van der Waals surface area (Å²) in [7, 11) is 0. The molecule has 1 N–H and O–H groups in total. The molecule has 2 unspecified atom stereocenters. The van der Waals surface area contributed by atoms with Crippen molar-refractivity contribution in [1.29, 1.82) is 0 Å². The van der Waals surface area contributed by atoms with Crippen LogP contribution in [0.4, 0.5) is 0 Å². The van der Waals surface area contributed by atoms with E-state index in [0.29, 0.717) is 22.5 Å². The second kappa shape index (κ2) is 5.57. The number of hydrogen-bond acceptors (Lipinski definition) is 1. The fourth-order valence-electron chi connectivity index (χ4n) is 2.03. The van der Waals surface area contributed by atoms with Crippen molar-refractivity contribution >= 4 is 40.1 Å². The largest absolute Gasteiger partial charge is 0.349 e. The Kier molecular flexibility index (Phi) is 4.31. The lowest BCUT2D eigenvalue weighted by molar-refractivity contribution is 0.0948. The summed E-state index contributed by atoms with van der Waals surface area (Å²) in [4.78, 5) is 12.0. The smallest absolute Gasteiger partial charge is 0.252 e. The average molecular weight is 364 g/mol. The maximum absolute atomic E-state index is 12.0. The van der Waals surface area contributed by atoms with Crippen LogP contribution in [0.25, 0.3) is 0 Å². The Morgan fingerprint density at radius 3 is 3.06 bits per heavy atom. The van der Waals surface area contributed by atoms with E-state index >= 15 is 0 Å². The predicted molar refractivity (Wildman–Crippen MR) is 78.4 cm³/mol. The molecule has 0 heterocycles. The monoisotopic (exact) mass is 363 g/mol. The number of nitrogens with one attached hydrogen (secondary N) is 1. The summed E-state index contributed by atoms with van der Waals surface area (Å²) in [5.41, 5.74) is 0.681. The number of benzene rings is 1. The maximum atomic E-state index is 12.0. The minimum absolute atomic E-state index is 0.000466. The van der Waals surface area contributed by atoms with Crippen molar-refractivity contribution in [3.05, 3.63) is 32.4 Å². The summed E-state index contributed by atoms with van der Waals surface area (Å²) in [6.07, 6.45) is 3.51. The Labute approximate surface area is 120 Å². The summed E-state index contributed by atoms with van der Waals surface area (Å²) in [5, 5.41) is 3.68. The van der Waals surface area contributed by atoms with Gasteiger partial charge in [0.1, 0.15) is 0 Å². The van der Waals surface area contributed by atoms with Gasteiger partial charge in [0.25, 0.3) is 5.91 Å². The molecule has 0 bridgehead atoms. The average Bonchev–Trinajstić information content (AvgIpc) is 3.00. The molecular weight excluding hydrogens is 349 g/mol. The van der Waals surface area contributed by atoms with Crippen LogP contribution < -0.4 is 5.32 Å². The second-order valence-electron chi connectivity index (χ2n) is 4.49. The summed E-state index contributed by atoms with van der Waals surface area (Å²) in [5.74, 6) is 0.682. The van der Waals surface area contributed by atoms with Gasteiger partial charge >= 0.3 is 0 Å². The zero-order valence-corrected chi connectivity index (χ0v) is 12.6. The lowest BCUT2D eigenvalue weighted by atomic mass is 10.2. The lowest BCUT2D eigenvalue weighted by Crippen LogP contribution is -2.27.